The van der Waals surface area contributed by atoms with Crippen LogP contribution in [0.15, 0.2) is 47.7 Å². The minimum Gasteiger partial charge on any atom is -0.341 e. The summed E-state index contributed by atoms with van der Waals surface area (Å²) in [4.78, 5) is 22.0. The van der Waals surface area contributed by atoms with E-state index in [2.05, 4.69) is 9.97 Å². The topological polar surface area (TPSA) is 49.0 Å². The molecular weight excluding hydrogens is 286 g/mol. The summed E-state index contributed by atoms with van der Waals surface area (Å²) < 4.78 is 0. The maximum Gasteiger partial charge on any atom is 0.249 e. The van der Waals surface area contributed by atoms with E-state index in [1.165, 1.54) is 18.4 Å². The van der Waals surface area contributed by atoms with Crippen molar-refractivity contribution in [1.29, 1.82) is 0 Å². The molecule has 0 radical (unpaired) electrons. The highest BCUT2D eigenvalue weighted by atomic mass is 16.2. The number of nitrogens with one attached hydrogen (secondary N) is 1. The molecule has 4 nitrogen and oxygen atoms in total. The molecule has 0 saturated heterocycles. The Hall–Kier alpha value is -2.36. The third-order valence-electron chi connectivity index (χ3n) is 4.51. The molecule has 1 saturated carbocycles. The van der Waals surface area contributed by atoms with E-state index in [-0.39, 0.29) is 5.91 Å². The van der Waals surface area contributed by atoms with E-state index in [9.17, 15) is 4.79 Å². The number of allylic oxidation sites excluding steroid dienone is 1. The van der Waals surface area contributed by atoms with Crippen LogP contribution in [0.3, 0.4) is 0 Å². The molecule has 1 N–H and O–H groups in total. The first-order chi connectivity index (χ1) is 11.1. The van der Waals surface area contributed by atoms with Crippen LogP contribution in [-0.2, 0) is 11.3 Å². The molecule has 120 valence electrons. The molecule has 0 atom stereocenters. The van der Waals surface area contributed by atoms with Crippen LogP contribution in [0.2, 0.25) is 0 Å². The van der Waals surface area contributed by atoms with Gasteiger partial charge in [-0.3, -0.25) is 4.79 Å². The second kappa shape index (κ2) is 6.82. The average molecular weight is 309 g/mol. The van der Waals surface area contributed by atoms with Gasteiger partial charge in [0.1, 0.15) is 5.82 Å². The lowest BCUT2D eigenvalue weighted by atomic mass is 10.1. The molecule has 23 heavy (non-hydrogen) atoms. The van der Waals surface area contributed by atoms with Crippen molar-refractivity contribution in [2.75, 3.05) is 7.05 Å². The van der Waals surface area contributed by atoms with Crippen LogP contribution in [0.5, 0.6) is 0 Å². The number of benzene rings is 1. The summed E-state index contributed by atoms with van der Waals surface area (Å²) >= 11 is 0. The molecule has 1 fully saturated rings. The molecule has 1 aromatic carbocycles. The van der Waals surface area contributed by atoms with Crippen molar-refractivity contribution < 1.29 is 4.79 Å². The number of carbonyl (C=O) groups is 1. The monoisotopic (exact) mass is 309 g/mol. The first-order valence-corrected chi connectivity index (χ1v) is 8.18. The number of rotatable bonds is 4. The molecule has 0 bridgehead atoms. The Bertz CT molecular complexity index is 707. The van der Waals surface area contributed by atoms with Gasteiger partial charge in [-0.15, -0.1) is 0 Å². The summed E-state index contributed by atoms with van der Waals surface area (Å²) in [6.45, 7) is 2.45. The molecule has 3 rings (SSSR count). The van der Waals surface area contributed by atoms with Crippen LogP contribution < -0.4 is 0 Å². The van der Waals surface area contributed by atoms with Gasteiger partial charge in [0.05, 0.1) is 18.4 Å². The lowest BCUT2D eigenvalue weighted by molar-refractivity contribution is -0.126. The van der Waals surface area contributed by atoms with E-state index in [4.69, 9.17) is 0 Å². The number of hydrogen-bond donors (Lipinski definition) is 1. The second-order valence-electron chi connectivity index (χ2n) is 6.21. The molecule has 1 heterocycles. The Morgan fingerprint density at radius 3 is 2.61 bits per heavy atom. The summed E-state index contributed by atoms with van der Waals surface area (Å²) in [6.07, 6.45) is 6.39. The van der Waals surface area contributed by atoms with Gasteiger partial charge in [0.2, 0.25) is 5.91 Å². The summed E-state index contributed by atoms with van der Waals surface area (Å²) in [7, 11) is 1.84. The van der Waals surface area contributed by atoms with Gasteiger partial charge in [-0.2, -0.15) is 0 Å². The number of H-pyrrole nitrogens is 1. The van der Waals surface area contributed by atoms with Crippen LogP contribution in [0.4, 0.5) is 0 Å². The maximum absolute atomic E-state index is 12.5. The van der Waals surface area contributed by atoms with Gasteiger partial charge in [-0.05, 0) is 38.2 Å². The predicted octanol–water partition coefficient (Wildman–Crippen LogP) is 3.93. The van der Waals surface area contributed by atoms with Gasteiger partial charge in [0, 0.05) is 12.6 Å². The molecule has 1 amide bonds. The van der Waals surface area contributed by atoms with Crippen molar-refractivity contribution in [3.63, 3.8) is 0 Å². The standard InChI is InChI=1S/C19H23N3O/c1-14(15-8-6-7-9-15)19(23)22(2)13-18-20-12-17(21-18)16-10-4-3-5-11-16/h3-5,10-12H,6-9,13H2,1-2H3,(H,20,21). The zero-order valence-corrected chi connectivity index (χ0v) is 13.8. The molecular formula is C19H23N3O. The smallest absolute Gasteiger partial charge is 0.249 e. The summed E-state index contributed by atoms with van der Waals surface area (Å²) in [5.41, 5.74) is 4.32. The molecule has 1 aromatic heterocycles. The fourth-order valence-corrected chi connectivity index (χ4v) is 3.12. The Morgan fingerprint density at radius 1 is 1.22 bits per heavy atom. The number of nitrogens with zero attached hydrogens (tertiary/aromatic N) is 2. The zero-order valence-electron chi connectivity index (χ0n) is 13.8. The summed E-state index contributed by atoms with van der Waals surface area (Å²) in [5, 5.41) is 0. The van der Waals surface area contributed by atoms with E-state index in [0.29, 0.717) is 6.54 Å². The van der Waals surface area contributed by atoms with Crippen LogP contribution >= 0.6 is 0 Å². The summed E-state index contributed by atoms with van der Waals surface area (Å²) in [5.74, 6) is 0.920. The SMILES string of the molecule is CC(C(=O)N(C)Cc1ncc(-c2ccccc2)[nH]1)=C1CCCC1. The van der Waals surface area contributed by atoms with Gasteiger partial charge >= 0.3 is 0 Å². The van der Waals surface area contributed by atoms with Crippen molar-refractivity contribution in [3.8, 4) is 11.3 Å². The zero-order chi connectivity index (χ0) is 16.2. The molecule has 0 unspecified atom stereocenters. The molecule has 1 aliphatic carbocycles. The lowest BCUT2D eigenvalue weighted by Gasteiger charge is -2.17. The van der Waals surface area contributed by atoms with Gasteiger partial charge in [-0.1, -0.05) is 35.9 Å². The minimum atomic E-state index is 0.111. The first kappa shape index (κ1) is 15.5. The van der Waals surface area contributed by atoms with Crippen LogP contribution in [0, 0.1) is 0 Å². The van der Waals surface area contributed by atoms with Gasteiger partial charge < -0.3 is 9.88 Å². The van der Waals surface area contributed by atoms with E-state index in [0.717, 1.165) is 35.5 Å². The fraction of sp³-hybridized carbons (Fsp3) is 0.368. The Morgan fingerprint density at radius 2 is 1.91 bits per heavy atom. The molecule has 1 aliphatic rings. The third-order valence-corrected chi connectivity index (χ3v) is 4.51. The Balaban J connectivity index is 1.69. The first-order valence-electron chi connectivity index (χ1n) is 8.18. The number of likely N-dealkylation sites (N-methyl/N-ethyl adjacent to an activating group) is 1. The quantitative estimate of drug-likeness (QED) is 0.870. The summed E-state index contributed by atoms with van der Waals surface area (Å²) in [6, 6.07) is 10.1. The lowest BCUT2D eigenvalue weighted by Crippen LogP contribution is -2.27. The van der Waals surface area contributed by atoms with Crippen LogP contribution in [-0.4, -0.2) is 27.8 Å². The Labute approximate surface area is 137 Å². The molecule has 0 aliphatic heterocycles. The number of carbonyl (C=O) groups excluding carboxylic acids is 1. The van der Waals surface area contributed by atoms with Crippen molar-refractivity contribution >= 4 is 5.91 Å². The van der Waals surface area contributed by atoms with E-state index in [1.54, 1.807) is 4.90 Å². The predicted molar refractivity (Wildman–Crippen MR) is 91.7 cm³/mol. The van der Waals surface area contributed by atoms with Crippen LogP contribution in [0.1, 0.15) is 38.4 Å². The minimum absolute atomic E-state index is 0.111. The van der Waals surface area contributed by atoms with Crippen molar-refractivity contribution in [2.45, 2.75) is 39.2 Å². The molecule has 2 aromatic rings. The van der Waals surface area contributed by atoms with E-state index in [1.807, 2.05) is 50.5 Å². The number of aromatic nitrogens is 2. The van der Waals surface area contributed by atoms with Crippen molar-refractivity contribution in [2.24, 2.45) is 0 Å². The number of hydrogen-bond acceptors (Lipinski definition) is 2. The van der Waals surface area contributed by atoms with Gasteiger partial charge in [0.15, 0.2) is 0 Å². The average Bonchev–Trinajstić information content (AvgIpc) is 3.26. The number of aromatic amines is 1. The van der Waals surface area contributed by atoms with Gasteiger partial charge in [0.25, 0.3) is 0 Å². The third kappa shape index (κ3) is 3.52. The van der Waals surface area contributed by atoms with E-state index >= 15 is 0 Å². The largest absolute Gasteiger partial charge is 0.341 e. The second-order valence-corrected chi connectivity index (χ2v) is 6.21. The highest BCUT2D eigenvalue weighted by Gasteiger charge is 2.18. The molecule has 0 spiro atoms. The van der Waals surface area contributed by atoms with E-state index < -0.39 is 0 Å². The highest BCUT2D eigenvalue weighted by molar-refractivity contribution is 5.93. The van der Waals surface area contributed by atoms with Gasteiger partial charge in [-0.25, -0.2) is 4.98 Å². The number of amides is 1. The highest BCUT2D eigenvalue weighted by Crippen LogP contribution is 2.27. The molecule has 4 heteroatoms. The van der Waals surface area contributed by atoms with Crippen molar-refractivity contribution in [1.82, 2.24) is 14.9 Å². The van der Waals surface area contributed by atoms with Crippen molar-refractivity contribution in [3.05, 3.63) is 53.5 Å². The maximum atomic E-state index is 12.5. The van der Waals surface area contributed by atoms with Crippen LogP contribution in [0.25, 0.3) is 11.3 Å². The fourth-order valence-electron chi connectivity index (χ4n) is 3.12. The number of imidazole rings is 1. The normalized spacial score (nSPS) is 14.1. The Kier molecular flexibility index (Phi) is 4.60.